The van der Waals surface area contributed by atoms with Crippen molar-refractivity contribution in [1.29, 1.82) is 0 Å². The minimum absolute atomic E-state index is 0.0374. The Hall–Kier alpha value is -1.59. The Kier molecular flexibility index (Phi) is 5.74. The molecule has 1 aliphatic heterocycles. The Labute approximate surface area is 145 Å². The maximum absolute atomic E-state index is 12.2. The van der Waals surface area contributed by atoms with Crippen LogP contribution in [0.15, 0.2) is 24.3 Å². The van der Waals surface area contributed by atoms with Gasteiger partial charge in [-0.3, -0.25) is 9.69 Å². The summed E-state index contributed by atoms with van der Waals surface area (Å²) in [5, 5.41) is 6.08. The predicted molar refractivity (Wildman–Crippen MR) is 99.5 cm³/mol. The number of anilines is 2. The number of hydrogen-bond donors (Lipinski definition) is 2. The highest BCUT2D eigenvalue weighted by Crippen LogP contribution is 2.30. The van der Waals surface area contributed by atoms with Crippen LogP contribution in [0.4, 0.5) is 11.4 Å². The van der Waals surface area contributed by atoms with E-state index < -0.39 is 0 Å². The molecule has 132 valence electrons. The largest absolute Gasteiger partial charge is 0.369 e. The first kappa shape index (κ1) is 17.2. The lowest BCUT2D eigenvalue weighted by atomic mass is 10.1. The molecule has 5 heteroatoms. The number of hydrogen-bond acceptors (Lipinski definition) is 4. The van der Waals surface area contributed by atoms with Crippen molar-refractivity contribution in [3.8, 4) is 0 Å². The van der Waals surface area contributed by atoms with Crippen molar-refractivity contribution in [2.75, 3.05) is 56.5 Å². The fraction of sp³-hybridized carbons (Fsp3) is 0.632. The average Bonchev–Trinajstić information content (AvgIpc) is 3.40. The molecule has 1 aliphatic carbocycles. The molecule has 3 rings (SSSR count). The van der Waals surface area contributed by atoms with E-state index >= 15 is 0 Å². The third-order valence-electron chi connectivity index (χ3n) is 5.02. The van der Waals surface area contributed by atoms with Crippen molar-refractivity contribution in [2.24, 2.45) is 11.8 Å². The third kappa shape index (κ3) is 4.71. The summed E-state index contributed by atoms with van der Waals surface area (Å²) in [6.07, 6.45) is 2.85. The fourth-order valence-corrected chi connectivity index (χ4v) is 3.30. The lowest BCUT2D eigenvalue weighted by molar-refractivity contribution is -0.119. The molecule has 1 heterocycles. The molecule has 0 aromatic heterocycles. The number of rotatable bonds is 7. The highest BCUT2D eigenvalue weighted by molar-refractivity contribution is 5.92. The molecule has 5 nitrogen and oxygen atoms in total. The van der Waals surface area contributed by atoms with E-state index in [9.17, 15) is 4.79 Å². The van der Waals surface area contributed by atoms with E-state index in [-0.39, 0.29) is 11.8 Å². The minimum atomic E-state index is -0.0374. The SMILES string of the molecule is CNCC(C)C(=O)Nc1cccc(N2CCN(CC3CC3)CC2)c1. The quantitative estimate of drug-likeness (QED) is 0.803. The number of nitrogens with zero attached hydrogens (tertiary/aromatic N) is 2. The normalized spacial score (nSPS) is 20.0. The molecule has 2 N–H and O–H groups in total. The van der Waals surface area contributed by atoms with Gasteiger partial charge in [0, 0.05) is 56.6 Å². The van der Waals surface area contributed by atoms with Crippen molar-refractivity contribution in [1.82, 2.24) is 10.2 Å². The van der Waals surface area contributed by atoms with Crippen LogP contribution in [0.2, 0.25) is 0 Å². The topological polar surface area (TPSA) is 47.6 Å². The Bertz CT molecular complexity index is 550. The van der Waals surface area contributed by atoms with E-state index in [0.717, 1.165) is 37.8 Å². The van der Waals surface area contributed by atoms with Gasteiger partial charge >= 0.3 is 0 Å². The number of carbonyl (C=O) groups excluding carboxylic acids is 1. The van der Waals surface area contributed by atoms with Gasteiger partial charge in [0.1, 0.15) is 0 Å². The predicted octanol–water partition coefficient (Wildman–Crippen LogP) is 2.01. The van der Waals surface area contributed by atoms with Crippen LogP contribution in [0, 0.1) is 11.8 Å². The Balaban J connectivity index is 1.54. The van der Waals surface area contributed by atoms with E-state index in [2.05, 4.69) is 32.6 Å². The van der Waals surface area contributed by atoms with Gasteiger partial charge in [-0.25, -0.2) is 0 Å². The Morgan fingerprint density at radius 3 is 2.67 bits per heavy atom. The van der Waals surface area contributed by atoms with Crippen molar-refractivity contribution in [2.45, 2.75) is 19.8 Å². The van der Waals surface area contributed by atoms with Gasteiger partial charge in [0.2, 0.25) is 5.91 Å². The van der Waals surface area contributed by atoms with Crippen LogP contribution in [0.5, 0.6) is 0 Å². The molecule has 1 saturated carbocycles. The maximum atomic E-state index is 12.2. The molecule has 1 amide bonds. The molecule has 1 atom stereocenters. The molecular formula is C19H30N4O. The van der Waals surface area contributed by atoms with Crippen molar-refractivity contribution in [3.05, 3.63) is 24.3 Å². The van der Waals surface area contributed by atoms with Crippen molar-refractivity contribution < 1.29 is 4.79 Å². The summed E-state index contributed by atoms with van der Waals surface area (Å²) in [7, 11) is 1.87. The number of benzene rings is 1. The summed E-state index contributed by atoms with van der Waals surface area (Å²) in [5.41, 5.74) is 2.10. The first-order valence-electron chi connectivity index (χ1n) is 9.18. The molecule has 0 bridgehead atoms. The first-order valence-corrected chi connectivity index (χ1v) is 9.18. The molecule has 1 saturated heterocycles. The molecule has 1 aromatic carbocycles. The molecule has 0 radical (unpaired) electrons. The van der Waals surface area contributed by atoms with Gasteiger partial charge in [-0.1, -0.05) is 13.0 Å². The molecule has 0 spiro atoms. The summed E-state index contributed by atoms with van der Waals surface area (Å²) in [6.45, 7) is 8.34. The summed E-state index contributed by atoms with van der Waals surface area (Å²) in [5.74, 6) is 0.995. The summed E-state index contributed by atoms with van der Waals surface area (Å²) < 4.78 is 0. The zero-order valence-electron chi connectivity index (χ0n) is 14.9. The smallest absolute Gasteiger partial charge is 0.228 e. The van der Waals surface area contributed by atoms with Gasteiger partial charge < -0.3 is 15.5 Å². The second kappa shape index (κ2) is 7.99. The van der Waals surface area contributed by atoms with Gasteiger partial charge in [0.05, 0.1) is 0 Å². The number of piperazine rings is 1. The van der Waals surface area contributed by atoms with E-state index in [1.807, 2.05) is 26.1 Å². The zero-order valence-corrected chi connectivity index (χ0v) is 14.9. The number of nitrogens with one attached hydrogen (secondary N) is 2. The lowest BCUT2D eigenvalue weighted by Crippen LogP contribution is -2.47. The molecular weight excluding hydrogens is 300 g/mol. The van der Waals surface area contributed by atoms with Crippen molar-refractivity contribution in [3.63, 3.8) is 0 Å². The summed E-state index contributed by atoms with van der Waals surface area (Å²) >= 11 is 0. The van der Waals surface area contributed by atoms with Crippen LogP contribution in [-0.2, 0) is 4.79 Å². The van der Waals surface area contributed by atoms with Gasteiger partial charge in [-0.15, -0.1) is 0 Å². The molecule has 2 fully saturated rings. The van der Waals surface area contributed by atoms with Crippen LogP contribution < -0.4 is 15.5 Å². The first-order chi connectivity index (χ1) is 11.7. The van der Waals surface area contributed by atoms with E-state index in [4.69, 9.17) is 0 Å². The monoisotopic (exact) mass is 330 g/mol. The van der Waals surface area contributed by atoms with Crippen LogP contribution in [0.1, 0.15) is 19.8 Å². The number of carbonyl (C=O) groups is 1. The van der Waals surface area contributed by atoms with Gasteiger partial charge in [-0.2, -0.15) is 0 Å². The van der Waals surface area contributed by atoms with Crippen LogP contribution >= 0.6 is 0 Å². The van der Waals surface area contributed by atoms with Gasteiger partial charge in [-0.05, 0) is 44.0 Å². The van der Waals surface area contributed by atoms with E-state index in [1.165, 1.54) is 25.1 Å². The number of amides is 1. The van der Waals surface area contributed by atoms with Crippen LogP contribution in [0.25, 0.3) is 0 Å². The molecule has 2 aliphatic rings. The average molecular weight is 330 g/mol. The van der Waals surface area contributed by atoms with Gasteiger partial charge in [0.15, 0.2) is 0 Å². The molecule has 1 aromatic rings. The minimum Gasteiger partial charge on any atom is -0.369 e. The highest BCUT2D eigenvalue weighted by Gasteiger charge is 2.26. The van der Waals surface area contributed by atoms with Gasteiger partial charge in [0.25, 0.3) is 0 Å². The molecule has 24 heavy (non-hydrogen) atoms. The Morgan fingerprint density at radius 2 is 2.00 bits per heavy atom. The second-order valence-corrected chi connectivity index (χ2v) is 7.23. The molecule has 1 unspecified atom stereocenters. The summed E-state index contributed by atoms with van der Waals surface area (Å²) in [4.78, 5) is 17.2. The second-order valence-electron chi connectivity index (χ2n) is 7.23. The van der Waals surface area contributed by atoms with Crippen LogP contribution in [0.3, 0.4) is 0 Å². The fourth-order valence-electron chi connectivity index (χ4n) is 3.30. The lowest BCUT2D eigenvalue weighted by Gasteiger charge is -2.36. The maximum Gasteiger partial charge on any atom is 0.228 e. The standard InChI is InChI=1S/C19H30N4O/c1-15(13-20-2)19(24)21-17-4-3-5-18(12-17)23-10-8-22(9-11-23)14-16-6-7-16/h3-5,12,15-16,20H,6-11,13-14H2,1-2H3,(H,21,24). The van der Waals surface area contributed by atoms with E-state index in [1.54, 1.807) is 0 Å². The van der Waals surface area contributed by atoms with E-state index in [0.29, 0.717) is 6.54 Å². The third-order valence-corrected chi connectivity index (χ3v) is 5.02. The zero-order chi connectivity index (χ0) is 16.9. The highest BCUT2D eigenvalue weighted by atomic mass is 16.1. The van der Waals surface area contributed by atoms with Crippen molar-refractivity contribution >= 4 is 17.3 Å². The Morgan fingerprint density at radius 1 is 1.25 bits per heavy atom. The van der Waals surface area contributed by atoms with Crippen LogP contribution in [-0.4, -0.2) is 57.1 Å². The summed E-state index contributed by atoms with van der Waals surface area (Å²) in [6, 6.07) is 8.24.